The highest BCUT2D eigenvalue weighted by atomic mass is 16.6. The highest BCUT2D eigenvalue weighted by Crippen LogP contribution is 2.31. The van der Waals surface area contributed by atoms with Crippen molar-refractivity contribution in [1.82, 2.24) is 9.88 Å². The molecule has 4 aromatic rings. The van der Waals surface area contributed by atoms with Gasteiger partial charge in [-0.3, -0.25) is 29.4 Å². The zero-order valence-electron chi connectivity index (χ0n) is 17.6. The van der Waals surface area contributed by atoms with Crippen LogP contribution >= 0.6 is 0 Å². The Labute approximate surface area is 192 Å². The van der Waals surface area contributed by atoms with Crippen LogP contribution in [0.15, 0.2) is 71.1 Å². The van der Waals surface area contributed by atoms with Gasteiger partial charge in [-0.1, -0.05) is 24.3 Å². The molecule has 10 heteroatoms. The zero-order valence-corrected chi connectivity index (χ0v) is 17.6. The first-order valence-electron chi connectivity index (χ1n) is 10.3. The fourth-order valence-electron chi connectivity index (χ4n) is 3.79. The van der Waals surface area contributed by atoms with Crippen molar-refractivity contribution in [3.05, 3.63) is 88.0 Å². The fourth-order valence-corrected chi connectivity index (χ4v) is 3.79. The molecule has 0 unspecified atom stereocenters. The molecular weight excluding hydrogens is 440 g/mol. The molecule has 34 heavy (non-hydrogen) atoms. The Hall–Kier alpha value is -4.86. The summed E-state index contributed by atoms with van der Waals surface area (Å²) in [7, 11) is 0. The fraction of sp³-hybridized carbons (Fsp3) is 0.0833. The van der Waals surface area contributed by atoms with Gasteiger partial charge in [-0.05, 0) is 30.3 Å². The number of hydrogen-bond donors (Lipinski definition) is 1. The Bertz CT molecular complexity index is 1460. The van der Waals surface area contributed by atoms with Gasteiger partial charge in [0, 0.05) is 19.0 Å². The number of fused-ring (bicyclic) bond motifs is 2. The minimum Gasteiger partial charge on any atom is -0.436 e. The largest absolute Gasteiger partial charge is 0.436 e. The number of nitro benzene ring substituents is 1. The summed E-state index contributed by atoms with van der Waals surface area (Å²) in [5.74, 6) is -1.06. The normalized spacial score (nSPS) is 12.8. The van der Waals surface area contributed by atoms with E-state index >= 15 is 0 Å². The third-order valence-electron chi connectivity index (χ3n) is 5.46. The lowest BCUT2D eigenvalue weighted by atomic mass is 10.1. The standard InChI is InChI=1S/C24H16N4O6/c29-21(11-12-27-23(30)15-5-1-2-6-16(15)24(27)31)25-18-8-4-3-7-17(18)22-26-19-10-9-14(28(32)33)13-20(19)34-22/h1-10,13H,11-12H2,(H,25,29). The monoisotopic (exact) mass is 456 g/mol. The predicted octanol–water partition coefficient (Wildman–Crippen LogP) is 4.03. The third-order valence-corrected chi connectivity index (χ3v) is 5.46. The number of carbonyl (C=O) groups excluding carboxylic acids is 3. The number of anilines is 1. The van der Waals surface area contributed by atoms with Gasteiger partial charge in [-0.15, -0.1) is 0 Å². The molecule has 0 spiro atoms. The number of imide groups is 1. The number of amides is 3. The van der Waals surface area contributed by atoms with Gasteiger partial charge in [-0.25, -0.2) is 4.98 Å². The zero-order chi connectivity index (χ0) is 23.8. The molecule has 2 heterocycles. The van der Waals surface area contributed by atoms with Crippen molar-refractivity contribution in [2.75, 3.05) is 11.9 Å². The van der Waals surface area contributed by atoms with Crippen LogP contribution in [0.1, 0.15) is 27.1 Å². The first-order chi connectivity index (χ1) is 16.4. The molecule has 0 atom stereocenters. The third kappa shape index (κ3) is 3.66. The van der Waals surface area contributed by atoms with E-state index in [1.54, 1.807) is 48.5 Å². The summed E-state index contributed by atoms with van der Waals surface area (Å²) < 4.78 is 5.71. The molecule has 0 bridgehead atoms. The van der Waals surface area contributed by atoms with Crippen LogP contribution in [-0.2, 0) is 4.79 Å². The lowest BCUT2D eigenvalue weighted by Crippen LogP contribution is -2.32. The lowest BCUT2D eigenvalue weighted by molar-refractivity contribution is -0.384. The second-order valence-electron chi connectivity index (χ2n) is 7.58. The number of benzene rings is 3. The van der Waals surface area contributed by atoms with E-state index in [0.29, 0.717) is 27.9 Å². The van der Waals surface area contributed by atoms with E-state index in [4.69, 9.17) is 4.42 Å². The van der Waals surface area contributed by atoms with E-state index in [-0.39, 0.29) is 30.1 Å². The van der Waals surface area contributed by atoms with Gasteiger partial charge in [0.2, 0.25) is 11.8 Å². The average molecular weight is 456 g/mol. The number of nitrogens with one attached hydrogen (secondary N) is 1. The molecule has 0 fully saturated rings. The average Bonchev–Trinajstić information content (AvgIpc) is 3.37. The van der Waals surface area contributed by atoms with Crippen molar-refractivity contribution in [3.8, 4) is 11.5 Å². The van der Waals surface area contributed by atoms with Crippen LogP contribution in [-0.4, -0.2) is 39.1 Å². The Kier molecular flexibility index (Phi) is 5.09. The van der Waals surface area contributed by atoms with Crippen LogP contribution in [0.3, 0.4) is 0 Å². The molecule has 1 aliphatic heterocycles. The SMILES string of the molecule is O=C(CCN1C(=O)c2ccccc2C1=O)Nc1ccccc1-c1nc2ccc([N+](=O)[O-])cc2o1. The van der Waals surface area contributed by atoms with E-state index in [2.05, 4.69) is 10.3 Å². The molecule has 10 nitrogen and oxygen atoms in total. The number of oxazole rings is 1. The van der Waals surface area contributed by atoms with Crippen molar-refractivity contribution in [2.24, 2.45) is 0 Å². The maximum absolute atomic E-state index is 12.6. The summed E-state index contributed by atoms with van der Waals surface area (Å²) in [6, 6.07) is 17.5. The molecule has 168 valence electrons. The summed E-state index contributed by atoms with van der Waals surface area (Å²) >= 11 is 0. The van der Waals surface area contributed by atoms with Gasteiger partial charge in [-0.2, -0.15) is 0 Å². The first-order valence-corrected chi connectivity index (χ1v) is 10.3. The topological polar surface area (TPSA) is 136 Å². The van der Waals surface area contributed by atoms with Crippen molar-refractivity contribution < 1.29 is 23.7 Å². The molecule has 0 saturated heterocycles. The number of hydrogen-bond acceptors (Lipinski definition) is 7. The van der Waals surface area contributed by atoms with E-state index in [0.717, 1.165) is 4.90 Å². The highest BCUT2D eigenvalue weighted by Gasteiger charge is 2.35. The first kappa shape index (κ1) is 21.0. The molecule has 0 aliphatic carbocycles. The molecule has 5 rings (SSSR count). The summed E-state index contributed by atoms with van der Waals surface area (Å²) in [4.78, 5) is 53.5. The summed E-state index contributed by atoms with van der Waals surface area (Å²) in [5, 5.41) is 13.8. The van der Waals surface area contributed by atoms with Crippen molar-refractivity contribution >= 4 is 40.2 Å². The summed E-state index contributed by atoms with van der Waals surface area (Å²) in [6.07, 6.45) is -0.0977. The number of para-hydroxylation sites is 1. The van der Waals surface area contributed by atoms with Gasteiger partial charge < -0.3 is 9.73 Å². The van der Waals surface area contributed by atoms with Crippen molar-refractivity contribution in [3.63, 3.8) is 0 Å². The molecule has 1 aromatic heterocycles. The summed E-state index contributed by atoms with van der Waals surface area (Å²) in [6.45, 7) is -0.0626. The molecule has 3 amide bonds. The number of nitro groups is 1. The molecule has 3 aromatic carbocycles. The summed E-state index contributed by atoms with van der Waals surface area (Å²) in [5.41, 5.74) is 2.11. The Morgan fingerprint density at radius 1 is 0.971 bits per heavy atom. The van der Waals surface area contributed by atoms with Gasteiger partial charge in [0.15, 0.2) is 5.58 Å². The molecule has 1 N–H and O–H groups in total. The van der Waals surface area contributed by atoms with Crippen LogP contribution in [0.2, 0.25) is 0 Å². The van der Waals surface area contributed by atoms with Crippen LogP contribution in [0, 0.1) is 10.1 Å². The Morgan fingerprint density at radius 3 is 2.29 bits per heavy atom. The second kappa shape index (κ2) is 8.24. The van der Waals surface area contributed by atoms with Gasteiger partial charge in [0.05, 0.1) is 33.4 Å². The van der Waals surface area contributed by atoms with Crippen LogP contribution in [0.4, 0.5) is 11.4 Å². The van der Waals surface area contributed by atoms with E-state index in [1.807, 2.05) is 0 Å². The maximum Gasteiger partial charge on any atom is 0.273 e. The highest BCUT2D eigenvalue weighted by molar-refractivity contribution is 6.21. The number of aromatic nitrogens is 1. The van der Waals surface area contributed by atoms with E-state index in [9.17, 15) is 24.5 Å². The number of rotatable bonds is 6. The van der Waals surface area contributed by atoms with Crippen molar-refractivity contribution in [1.29, 1.82) is 0 Å². The maximum atomic E-state index is 12.6. The quantitative estimate of drug-likeness (QED) is 0.263. The molecular formula is C24H16N4O6. The minimum atomic E-state index is -0.524. The number of carbonyl (C=O) groups is 3. The smallest absolute Gasteiger partial charge is 0.273 e. The van der Waals surface area contributed by atoms with Crippen LogP contribution in [0.25, 0.3) is 22.6 Å². The van der Waals surface area contributed by atoms with Crippen LogP contribution < -0.4 is 5.32 Å². The molecule has 0 radical (unpaired) electrons. The Morgan fingerprint density at radius 2 is 1.62 bits per heavy atom. The predicted molar refractivity (Wildman–Crippen MR) is 121 cm³/mol. The lowest BCUT2D eigenvalue weighted by Gasteiger charge is -2.14. The van der Waals surface area contributed by atoms with Gasteiger partial charge >= 0.3 is 0 Å². The van der Waals surface area contributed by atoms with E-state index < -0.39 is 22.6 Å². The van der Waals surface area contributed by atoms with Gasteiger partial charge in [0.1, 0.15) is 5.52 Å². The second-order valence-corrected chi connectivity index (χ2v) is 7.58. The number of nitrogens with zero attached hydrogens (tertiary/aromatic N) is 3. The molecule has 1 aliphatic rings. The Balaban J connectivity index is 1.32. The minimum absolute atomic E-state index is 0.0626. The van der Waals surface area contributed by atoms with E-state index in [1.165, 1.54) is 18.2 Å². The van der Waals surface area contributed by atoms with Crippen molar-refractivity contribution in [2.45, 2.75) is 6.42 Å². The van der Waals surface area contributed by atoms with Crippen LogP contribution in [0.5, 0.6) is 0 Å². The number of non-ortho nitro benzene ring substituents is 1. The van der Waals surface area contributed by atoms with Gasteiger partial charge in [0.25, 0.3) is 17.5 Å². The molecule has 0 saturated carbocycles.